The molecule has 0 aliphatic carbocycles. The van der Waals surface area contributed by atoms with Gasteiger partial charge in [0.05, 0.1) is 24.5 Å². The highest BCUT2D eigenvalue weighted by atomic mass is 19.1. The zero-order valence-corrected chi connectivity index (χ0v) is 15.5. The van der Waals surface area contributed by atoms with Gasteiger partial charge in [-0.05, 0) is 48.9 Å². The van der Waals surface area contributed by atoms with Gasteiger partial charge < -0.3 is 5.32 Å². The number of hydrogen-bond donors (Lipinski definition) is 1. The highest BCUT2D eigenvalue weighted by Gasteiger charge is 2.10. The second-order valence-electron chi connectivity index (χ2n) is 6.63. The summed E-state index contributed by atoms with van der Waals surface area (Å²) in [6.07, 6.45) is 3.89. The number of nitrogens with one attached hydrogen (secondary N) is 1. The normalized spacial score (nSPS) is 11.9. The second kappa shape index (κ2) is 8.00. The highest BCUT2D eigenvalue weighted by Crippen LogP contribution is 2.20. The Morgan fingerprint density at radius 2 is 1.75 bits per heavy atom. The monoisotopic (exact) mass is 373 g/mol. The van der Waals surface area contributed by atoms with Gasteiger partial charge in [-0.1, -0.05) is 30.3 Å². The van der Waals surface area contributed by atoms with Crippen molar-refractivity contribution < 1.29 is 4.39 Å². The van der Waals surface area contributed by atoms with Gasteiger partial charge in [-0.15, -0.1) is 10.2 Å². The lowest BCUT2D eigenvalue weighted by atomic mass is 10.1. The lowest BCUT2D eigenvalue weighted by molar-refractivity contribution is 0.628. The molecular weight excluding hydrogens is 353 g/mol. The third kappa shape index (κ3) is 4.23. The Labute approximate surface area is 162 Å². The summed E-state index contributed by atoms with van der Waals surface area (Å²) in [5.74, 6) is 0.408. The lowest BCUT2D eigenvalue weighted by Gasteiger charge is -2.12. The lowest BCUT2D eigenvalue weighted by Crippen LogP contribution is -2.08. The Balaban J connectivity index is 1.41. The number of anilines is 1. The molecule has 0 saturated heterocycles. The Morgan fingerprint density at radius 1 is 0.964 bits per heavy atom. The summed E-state index contributed by atoms with van der Waals surface area (Å²) in [5.41, 5.74) is 3.81. The first-order valence-electron chi connectivity index (χ1n) is 9.10. The minimum atomic E-state index is -0.267. The van der Waals surface area contributed by atoms with Crippen LogP contribution in [0.1, 0.15) is 24.1 Å². The predicted octanol–water partition coefficient (Wildman–Crippen LogP) is 4.70. The van der Waals surface area contributed by atoms with Gasteiger partial charge in [-0.25, -0.2) is 4.39 Å². The summed E-state index contributed by atoms with van der Waals surface area (Å²) in [5, 5.41) is 16.2. The van der Waals surface area contributed by atoms with Gasteiger partial charge in [0, 0.05) is 17.3 Å². The first-order valence-corrected chi connectivity index (χ1v) is 9.10. The van der Waals surface area contributed by atoms with Gasteiger partial charge in [-0.2, -0.15) is 5.10 Å². The molecular formula is C22H20FN5. The fraction of sp³-hybridized carbons (Fsp3) is 0.136. The van der Waals surface area contributed by atoms with Crippen LogP contribution in [0.5, 0.6) is 0 Å². The van der Waals surface area contributed by atoms with E-state index in [0.29, 0.717) is 11.5 Å². The molecule has 0 aliphatic rings. The summed E-state index contributed by atoms with van der Waals surface area (Å²) in [6, 6.07) is 20.2. The van der Waals surface area contributed by atoms with Crippen molar-refractivity contribution >= 4 is 5.82 Å². The standard InChI is InChI=1S/C22H20FN5/c1-16(19-13-24-28(15-19)14-17-5-3-2-4-6-17)25-22-12-11-21(26-27-22)18-7-9-20(23)10-8-18/h2-13,15-16H,14H2,1H3,(H,25,27). The zero-order chi connectivity index (χ0) is 19.3. The number of halogens is 1. The van der Waals surface area contributed by atoms with Crippen molar-refractivity contribution in [2.75, 3.05) is 5.32 Å². The number of rotatable bonds is 6. The molecule has 0 radical (unpaired) electrons. The molecule has 4 rings (SSSR count). The molecule has 1 atom stereocenters. The largest absolute Gasteiger partial charge is 0.362 e. The molecule has 0 saturated carbocycles. The van der Waals surface area contributed by atoms with Crippen LogP contribution in [0.15, 0.2) is 79.1 Å². The summed E-state index contributed by atoms with van der Waals surface area (Å²) in [7, 11) is 0. The van der Waals surface area contributed by atoms with E-state index in [1.807, 2.05) is 47.4 Å². The number of benzene rings is 2. The van der Waals surface area contributed by atoms with E-state index in [2.05, 4.69) is 39.7 Å². The molecule has 1 unspecified atom stereocenters. The maximum atomic E-state index is 13.0. The van der Waals surface area contributed by atoms with Crippen molar-refractivity contribution in [1.82, 2.24) is 20.0 Å². The Morgan fingerprint density at radius 3 is 2.46 bits per heavy atom. The van der Waals surface area contributed by atoms with E-state index in [9.17, 15) is 4.39 Å². The van der Waals surface area contributed by atoms with Crippen LogP contribution in [0.3, 0.4) is 0 Å². The van der Waals surface area contributed by atoms with Gasteiger partial charge in [0.15, 0.2) is 0 Å². The summed E-state index contributed by atoms with van der Waals surface area (Å²) < 4.78 is 15.0. The fourth-order valence-electron chi connectivity index (χ4n) is 2.95. The molecule has 28 heavy (non-hydrogen) atoms. The molecule has 0 aliphatic heterocycles. The maximum Gasteiger partial charge on any atom is 0.149 e. The fourth-order valence-corrected chi connectivity index (χ4v) is 2.95. The summed E-state index contributed by atoms with van der Waals surface area (Å²) in [4.78, 5) is 0. The summed E-state index contributed by atoms with van der Waals surface area (Å²) >= 11 is 0. The van der Waals surface area contributed by atoms with E-state index >= 15 is 0 Å². The van der Waals surface area contributed by atoms with Gasteiger partial charge in [0.2, 0.25) is 0 Å². The average Bonchev–Trinajstić information content (AvgIpc) is 3.19. The van der Waals surface area contributed by atoms with E-state index in [1.54, 1.807) is 12.1 Å². The van der Waals surface area contributed by atoms with Crippen molar-refractivity contribution in [2.24, 2.45) is 0 Å². The van der Waals surface area contributed by atoms with E-state index in [1.165, 1.54) is 17.7 Å². The first-order chi connectivity index (χ1) is 13.7. The third-order valence-corrected chi connectivity index (χ3v) is 4.51. The van der Waals surface area contributed by atoms with Gasteiger partial charge in [0.25, 0.3) is 0 Å². The Bertz CT molecular complexity index is 1030. The minimum Gasteiger partial charge on any atom is -0.362 e. The van der Waals surface area contributed by atoms with Gasteiger partial charge in [-0.3, -0.25) is 4.68 Å². The molecule has 0 amide bonds. The molecule has 4 aromatic rings. The van der Waals surface area contributed by atoms with Crippen molar-refractivity contribution in [1.29, 1.82) is 0 Å². The Kier molecular flexibility index (Phi) is 5.10. The molecule has 0 fully saturated rings. The van der Waals surface area contributed by atoms with E-state index in [4.69, 9.17) is 0 Å². The smallest absolute Gasteiger partial charge is 0.149 e. The number of nitrogens with zero attached hydrogens (tertiary/aromatic N) is 4. The molecule has 2 aromatic carbocycles. The van der Waals surface area contributed by atoms with Crippen LogP contribution in [-0.2, 0) is 6.54 Å². The molecule has 1 N–H and O–H groups in total. The first kappa shape index (κ1) is 17.9. The molecule has 2 heterocycles. The van der Waals surface area contributed by atoms with E-state index in [0.717, 1.165) is 17.7 Å². The topological polar surface area (TPSA) is 55.6 Å². The average molecular weight is 373 g/mol. The summed E-state index contributed by atoms with van der Waals surface area (Å²) in [6.45, 7) is 2.79. The van der Waals surface area contributed by atoms with Crippen LogP contribution in [-0.4, -0.2) is 20.0 Å². The van der Waals surface area contributed by atoms with Crippen LogP contribution < -0.4 is 5.32 Å². The SMILES string of the molecule is CC(Nc1ccc(-c2ccc(F)cc2)nn1)c1cnn(Cc2ccccc2)c1. The van der Waals surface area contributed by atoms with Gasteiger partial charge >= 0.3 is 0 Å². The second-order valence-corrected chi connectivity index (χ2v) is 6.63. The minimum absolute atomic E-state index is 0.0375. The molecule has 0 bridgehead atoms. The maximum absolute atomic E-state index is 13.0. The van der Waals surface area contributed by atoms with Crippen molar-refractivity contribution in [3.05, 3.63) is 96.1 Å². The van der Waals surface area contributed by atoms with Gasteiger partial charge in [0.1, 0.15) is 11.6 Å². The molecule has 5 nitrogen and oxygen atoms in total. The predicted molar refractivity (Wildman–Crippen MR) is 107 cm³/mol. The van der Waals surface area contributed by atoms with Crippen LogP contribution in [0.25, 0.3) is 11.3 Å². The van der Waals surface area contributed by atoms with Crippen LogP contribution in [0.2, 0.25) is 0 Å². The molecule has 0 spiro atoms. The van der Waals surface area contributed by atoms with Crippen LogP contribution in [0, 0.1) is 5.82 Å². The third-order valence-electron chi connectivity index (χ3n) is 4.51. The quantitative estimate of drug-likeness (QED) is 0.532. The number of hydrogen-bond acceptors (Lipinski definition) is 4. The van der Waals surface area contributed by atoms with Crippen LogP contribution in [0.4, 0.5) is 10.2 Å². The molecule has 6 heteroatoms. The highest BCUT2D eigenvalue weighted by molar-refractivity contribution is 5.59. The number of aromatic nitrogens is 4. The van der Waals surface area contributed by atoms with Crippen LogP contribution >= 0.6 is 0 Å². The molecule has 140 valence electrons. The van der Waals surface area contributed by atoms with Crippen molar-refractivity contribution in [2.45, 2.75) is 19.5 Å². The van der Waals surface area contributed by atoms with E-state index in [-0.39, 0.29) is 11.9 Å². The Hall–Kier alpha value is -3.54. The van der Waals surface area contributed by atoms with Crippen molar-refractivity contribution in [3.63, 3.8) is 0 Å². The zero-order valence-electron chi connectivity index (χ0n) is 15.5. The van der Waals surface area contributed by atoms with Crippen molar-refractivity contribution in [3.8, 4) is 11.3 Å². The molecule has 2 aromatic heterocycles. The van der Waals surface area contributed by atoms with E-state index < -0.39 is 0 Å².